The van der Waals surface area contributed by atoms with Crippen molar-refractivity contribution in [2.24, 2.45) is 0 Å². The molecular formula is C24H26N6O3S. The minimum absolute atomic E-state index is 0.0384. The van der Waals surface area contributed by atoms with Crippen LogP contribution in [0.25, 0.3) is 22.0 Å². The van der Waals surface area contributed by atoms with Crippen molar-refractivity contribution < 1.29 is 13.2 Å². The highest BCUT2D eigenvalue weighted by molar-refractivity contribution is 7.92. The van der Waals surface area contributed by atoms with Crippen molar-refractivity contribution >= 4 is 32.4 Å². The second-order valence-corrected chi connectivity index (χ2v) is 9.56. The van der Waals surface area contributed by atoms with Crippen LogP contribution in [0, 0.1) is 0 Å². The minimum Gasteiger partial charge on any atom is -0.480 e. The first-order valence-corrected chi connectivity index (χ1v) is 12.6. The van der Waals surface area contributed by atoms with Crippen LogP contribution in [0.3, 0.4) is 0 Å². The maximum atomic E-state index is 12.5. The molecule has 0 aliphatic heterocycles. The van der Waals surface area contributed by atoms with Gasteiger partial charge in [0.15, 0.2) is 0 Å². The SMILES string of the molecule is CCCCS(=O)(=O)Nc1cc(-c2ccc3ncnc(NCc4ccncc4)c3c2)cnc1OC. The summed E-state index contributed by atoms with van der Waals surface area (Å²) in [6.07, 6.45) is 8.03. The van der Waals surface area contributed by atoms with Crippen LogP contribution < -0.4 is 14.8 Å². The number of nitrogens with one attached hydrogen (secondary N) is 2. The zero-order chi connectivity index (χ0) is 24.0. The van der Waals surface area contributed by atoms with Crippen LogP contribution in [0.4, 0.5) is 11.5 Å². The minimum atomic E-state index is -3.51. The first-order chi connectivity index (χ1) is 16.5. The van der Waals surface area contributed by atoms with Gasteiger partial charge in [-0.15, -0.1) is 0 Å². The summed E-state index contributed by atoms with van der Waals surface area (Å²) in [4.78, 5) is 17.1. The molecule has 0 saturated carbocycles. The van der Waals surface area contributed by atoms with Crippen LogP contribution in [-0.2, 0) is 16.6 Å². The van der Waals surface area contributed by atoms with Crippen LogP contribution in [0.5, 0.6) is 5.88 Å². The lowest BCUT2D eigenvalue weighted by Crippen LogP contribution is -2.17. The Morgan fingerprint density at radius 3 is 2.59 bits per heavy atom. The van der Waals surface area contributed by atoms with E-state index >= 15 is 0 Å². The first kappa shape index (κ1) is 23.4. The monoisotopic (exact) mass is 478 g/mol. The predicted octanol–water partition coefficient (Wildman–Crippen LogP) is 4.25. The summed E-state index contributed by atoms with van der Waals surface area (Å²) in [6.45, 7) is 2.54. The standard InChI is InChI=1S/C24H26N6O3S/c1-3-4-11-34(31,32)30-22-13-19(15-27-24(22)33-2)18-5-6-21-20(12-18)23(29-16-28-21)26-14-17-7-9-25-10-8-17/h5-10,12-13,15-16,30H,3-4,11,14H2,1-2H3,(H,26,28,29). The van der Waals surface area contributed by atoms with Gasteiger partial charge in [0.1, 0.15) is 17.8 Å². The summed E-state index contributed by atoms with van der Waals surface area (Å²) in [7, 11) is -2.05. The van der Waals surface area contributed by atoms with Crippen LogP contribution in [0.1, 0.15) is 25.3 Å². The average molecular weight is 479 g/mol. The Balaban J connectivity index is 1.66. The Kier molecular flexibility index (Phi) is 7.17. The van der Waals surface area contributed by atoms with Gasteiger partial charge in [-0.05, 0) is 47.9 Å². The Labute approximate surface area is 198 Å². The van der Waals surface area contributed by atoms with Gasteiger partial charge in [0.2, 0.25) is 15.9 Å². The smallest absolute Gasteiger partial charge is 0.238 e. The Hall–Kier alpha value is -3.79. The lowest BCUT2D eigenvalue weighted by Gasteiger charge is -2.13. The van der Waals surface area contributed by atoms with Crippen LogP contribution in [0.2, 0.25) is 0 Å². The molecule has 0 unspecified atom stereocenters. The van der Waals surface area contributed by atoms with Gasteiger partial charge in [-0.1, -0.05) is 19.4 Å². The molecule has 0 amide bonds. The zero-order valence-corrected chi connectivity index (χ0v) is 19.8. The summed E-state index contributed by atoms with van der Waals surface area (Å²) in [5, 5.41) is 4.20. The number of rotatable bonds is 10. The van der Waals surface area contributed by atoms with Crippen molar-refractivity contribution in [3.05, 3.63) is 66.9 Å². The van der Waals surface area contributed by atoms with Crippen molar-refractivity contribution in [2.45, 2.75) is 26.3 Å². The van der Waals surface area contributed by atoms with E-state index in [2.05, 4.69) is 30.0 Å². The average Bonchev–Trinajstić information content (AvgIpc) is 2.86. The third kappa shape index (κ3) is 5.57. The van der Waals surface area contributed by atoms with E-state index in [1.807, 2.05) is 37.3 Å². The number of anilines is 2. The van der Waals surface area contributed by atoms with Gasteiger partial charge in [0.05, 0.1) is 18.4 Å². The van der Waals surface area contributed by atoms with Gasteiger partial charge < -0.3 is 10.1 Å². The van der Waals surface area contributed by atoms with Gasteiger partial charge in [-0.3, -0.25) is 9.71 Å². The molecular weight excluding hydrogens is 452 g/mol. The summed E-state index contributed by atoms with van der Waals surface area (Å²) in [6, 6.07) is 11.4. The number of ether oxygens (including phenoxy) is 1. The topological polar surface area (TPSA) is 119 Å². The van der Waals surface area contributed by atoms with E-state index in [-0.39, 0.29) is 11.6 Å². The lowest BCUT2D eigenvalue weighted by molar-refractivity contribution is 0.400. The summed E-state index contributed by atoms with van der Waals surface area (Å²) in [5.74, 6) is 0.953. The van der Waals surface area contributed by atoms with E-state index in [0.717, 1.165) is 34.0 Å². The molecule has 34 heavy (non-hydrogen) atoms. The fourth-order valence-electron chi connectivity index (χ4n) is 3.46. The Morgan fingerprint density at radius 1 is 1.00 bits per heavy atom. The highest BCUT2D eigenvalue weighted by Gasteiger charge is 2.16. The molecule has 4 aromatic rings. The summed E-state index contributed by atoms with van der Waals surface area (Å²) < 4.78 is 32.8. The van der Waals surface area contributed by atoms with E-state index in [1.165, 1.54) is 13.4 Å². The van der Waals surface area contributed by atoms with Crippen LogP contribution >= 0.6 is 0 Å². The molecule has 0 atom stereocenters. The van der Waals surface area contributed by atoms with Crippen molar-refractivity contribution in [1.29, 1.82) is 0 Å². The van der Waals surface area contributed by atoms with E-state index in [0.29, 0.717) is 24.5 Å². The number of sulfonamides is 1. The maximum absolute atomic E-state index is 12.5. The molecule has 10 heteroatoms. The van der Waals surface area contributed by atoms with Gasteiger partial charge in [-0.25, -0.2) is 23.4 Å². The number of aromatic nitrogens is 4. The number of hydrogen-bond donors (Lipinski definition) is 2. The number of fused-ring (bicyclic) bond motifs is 1. The van der Waals surface area contributed by atoms with Crippen molar-refractivity contribution in [1.82, 2.24) is 19.9 Å². The van der Waals surface area contributed by atoms with E-state index in [1.54, 1.807) is 24.7 Å². The van der Waals surface area contributed by atoms with Crippen LogP contribution in [-0.4, -0.2) is 41.2 Å². The number of unbranched alkanes of at least 4 members (excludes halogenated alkanes) is 1. The molecule has 4 rings (SSSR count). The largest absolute Gasteiger partial charge is 0.480 e. The fraction of sp³-hybridized carbons (Fsp3) is 0.250. The number of hydrogen-bond acceptors (Lipinski definition) is 8. The molecule has 3 heterocycles. The molecule has 0 radical (unpaired) electrons. The van der Waals surface area contributed by atoms with E-state index < -0.39 is 10.0 Å². The second kappa shape index (κ2) is 10.4. The molecule has 9 nitrogen and oxygen atoms in total. The number of benzene rings is 1. The summed E-state index contributed by atoms with van der Waals surface area (Å²) >= 11 is 0. The maximum Gasteiger partial charge on any atom is 0.238 e. The summed E-state index contributed by atoms with van der Waals surface area (Å²) in [5.41, 5.74) is 3.75. The Bertz CT molecular complexity index is 1380. The van der Waals surface area contributed by atoms with E-state index in [9.17, 15) is 8.42 Å². The molecule has 0 aliphatic rings. The van der Waals surface area contributed by atoms with Crippen molar-refractivity contribution in [2.75, 3.05) is 22.9 Å². The quantitative estimate of drug-likeness (QED) is 0.347. The molecule has 3 aromatic heterocycles. The first-order valence-electron chi connectivity index (χ1n) is 10.9. The van der Waals surface area contributed by atoms with Gasteiger partial charge >= 0.3 is 0 Å². The fourth-order valence-corrected chi connectivity index (χ4v) is 4.71. The Morgan fingerprint density at radius 2 is 1.82 bits per heavy atom. The van der Waals surface area contributed by atoms with Gasteiger partial charge in [0.25, 0.3) is 0 Å². The van der Waals surface area contributed by atoms with Crippen molar-refractivity contribution in [3.63, 3.8) is 0 Å². The number of nitrogens with zero attached hydrogens (tertiary/aromatic N) is 4. The molecule has 0 aliphatic carbocycles. The third-order valence-electron chi connectivity index (χ3n) is 5.25. The van der Waals surface area contributed by atoms with Gasteiger partial charge in [-0.2, -0.15) is 0 Å². The second-order valence-electron chi connectivity index (χ2n) is 7.72. The normalized spacial score (nSPS) is 11.4. The number of pyridine rings is 2. The molecule has 0 fully saturated rings. The van der Waals surface area contributed by atoms with E-state index in [4.69, 9.17) is 4.74 Å². The predicted molar refractivity (Wildman–Crippen MR) is 133 cm³/mol. The molecule has 2 N–H and O–H groups in total. The van der Waals surface area contributed by atoms with Crippen LogP contribution in [0.15, 0.2) is 61.3 Å². The number of methoxy groups -OCH3 is 1. The molecule has 0 saturated heterocycles. The van der Waals surface area contributed by atoms with Gasteiger partial charge in [0, 0.05) is 36.1 Å². The molecule has 176 valence electrons. The molecule has 0 spiro atoms. The highest BCUT2D eigenvalue weighted by Crippen LogP contribution is 2.32. The molecule has 1 aromatic carbocycles. The lowest BCUT2D eigenvalue weighted by atomic mass is 10.0. The third-order valence-corrected chi connectivity index (χ3v) is 6.61. The van der Waals surface area contributed by atoms with Crippen molar-refractivity contribution in [3.8, 4) is 17.0 Å². The molecule has 0 bridgehead atoms. The highest BCUT2D eigenvalue weighted by atomic mass is 32.2. The zero-order valence-electron chi connectivity index (χ0n) is 19.0.